The summed E-state index contributed by atoms with van der Waals surface area (Å²) in [7, 11) is 2.11. The Balaban J connectivity index is 2.78. The van der Waals surface area contributed by atoms with Gasteiger partial charge in [0.15, 0.2) is 0 Å². The highest BCUT2D eigenvalue weighted by Crippen LogP contribution is 2.27. The van der Waals surface area contributed by atoms with Crippen LogP contribution in [0.25, 0.3) is 16.7 Å². The molecule has 1 nitrogen and oxygen atoms in total. The zero-order valence-corrected chi connectivity index (χ0v) is 16.8. The van der Waals surface area contributed by atoms with Gasteiger partial charge in [0.25, 0.3) is 0 Å². The molecule has 27 heavy (non-hydrogen) atoms. The van der Waals surface area contributed by atoms with Gasteiger partial charge in [0.05, 0.1) is 0 Å². The molecule has 0 bridgehead atoms. The van der Waals surface area contributed by atoms with E-state index in [1.165, 1.54) is 11.3 Å². The van der Waals surface area contributed by atoms with Crippen molar-refractivity contribution in [2.45, 2.75) is 20.3 Å². The normalized spacial score (nSPS) is 17.7. The number of pyridine rings is 1. The topological polar surface area (TPSA) is 3.88 Å². The van der Waals surface area contributed by atoms with Gasteiger partial charge >= 0.3 is 0 Å². The van der Waals surface area contributed by atoms with Gasteiger partial charge in [-0.05, 0) is 36.5 Å². The molecule has 0 spiro atoms. The van der Waals surface area contributed by atoms with Crippen LogP contribution in [0.15, 0.2) is 92.6 Å². The summed E-state index contributed by atoms with van der Waals surface area (Å²) in [6, 6.07) is 4.45. The minimum absolute atomic E-state index is 0.588. The fourth-order valence-electron chi connectivity index (χ4n) is 3.24. The standard InChI is InChI=1S/C26H30N/c1-7-11-21(10-4)25-18-24(22(12-8-2)13-9-3)19-26(27(25)6)23-16-14-20(5)15-17-23/h7-14,16-20H,1-2,4,15H2,3,5-6H3/q+1/b13-9-,21-11+,22-12+. The minimum Gasteiger partial charge on any atom is -0.194 e. The summed E-state index contributed by atoms with van der Waals surface area (Å²) in [5.74, 6) is 0.588. The van der Waals surface area contributed by atoms with Crippen LogP contribution < -0.4 is 4.57 Å². The van der Waals surface area contributed by atoms with Crippen LogP contribution in [-0.2, 0) is 7.05 Å². The molecule has 0 N–H and O–H groups in total. The molecule has 0 radical (unpaired) electrons. The van der Waals surface area contributed by atoms with Crippen LogP contribution in [0.5, 0.6) is 0 Å². The summed E-state index contributed by atoms with van der Waals surface area (Å²) in [6.45, 7) is 16.0. The molecule has 0 aromatic carbocycles. The minimum atomic E-state index is 0.588. The van der Waals surface area contributed by atoms with E-state index in [1.807, 2.05) is 31.2 Å². The number of hydrogen-bond donors (Lipinski definition) is 0. The van der Waals surface area contributed by atoms with Crippen LogP contribution in [0.1, 0.15) is 37.2 Å². The first-order chi connectivity index (χ1) is 13.0. The Morgan fingerprint density at radius 2 is 1.81 bits per heavy atom. The number of nitrogens with zero attached hydrogens (tertiary/aromatic N) is 1. The van der Waals surface area contributed by atoms with Gasteiger partial charge < -0.3 is 0 Å². The van der Waals surface area contributed by atoms with E-state index in [-0.39, 0.29) is 0 Å². The van der Waals surface area contributed by atoms with Gasteiger partial charge in [-0.3, -0.25) is 0 Å². The summed E-state index contributed by atoms with van der Waals surface area (Å²) in [4.78, 5) is 0. The van der Waals surface area contributed by atoms with Crippen molar-refractivity contribution in [3.63, 3.8) is 0 Å². The molecule has 1 aliphatic rings. The van der Waals surface area contributed by atoms with Crippen molar-refractivity contribution < 1.29 is 4.57 Å². The number of rotatable bonds is 7. The second-order valence-corrected chi connectivity index (χ2v) is 6.72. The molecule has 1 aromatic rings. The molecule has 138 valence electrons. The molecular weight excluding hydrogens is 326 g/mol. The summed E-state index contributed by atoms with van der Waals surface area (Å²) in [6.07, 6.45) is 21.6. The van der Waals surface area contributed by atoms with Crippen LogP contribution in [0.4, 0.5) is 0 Å². The molecule has 2 rings (SSSR count). The van der Waals surface area contributed by atoms with Crippen LogP contribution in [0.3, 0.4) is 0 Å². The highest BCUT2D eigenvalue weighted by atomic mass is 14.9. The van der Waals surface area contributed by atoms with Gasteiger partial charge in [-0.1, -0.05) is 81.3 Å². The fraction of sp³-hybridized carbons (Fsp3) is 0.192. The SMILES string of the molecule is C=C/C=C(\C=C/C)c1cc(C2=CCC(C)C=C2)[n+](C)c(/C(C=C)=C/C=C)c1. The predicted octanol–water partition coefficient (Wildman–Crippen LogP) is 6.39. The smallest absolute Gasteiger partial charge is 0.194 e. The molecule has 0 saturated heterocycles. The van der Waals surface area contributed by atoms with Crippen molar-refractivity contribution >= 4 is 16.7 Å². The van der Waals surface area contributed by atoms with Crippen LogP contribution >= 0.6 is 0 Å². The van der Waals surface area contributed by atoms with Gasteiger partial charge in [0.1, 0.15) is 7.05 Å². The van der Waals surface area contributed by atoms with E-state index in [2.05, 4.69) is 80.8 Å². The van der Waals surface area contributed by atoms with Gasteiger partial charge in [0, 0.05) is 23.3 Å². The van der Waals surface area contributed by atoms with E-state index in [0.717, 1.165) is 28.8 Å². The average molecular weight is 357 g/mol. The third kappa shape index (κ3) is 4.83. The lowest BCUT2D eigenvalue weighted by Crippen LogP contribution is -2.38. The molecule has 1 heterocycles. The zero-order chi connectivity index (χ0) is 19.8. The van der Waals surface area contributed by atoms with Crippen molar-refractivity contribution in [3.8, 4) is 0 Å². The first-order valence-corrected chi connectivity index (χ1v) is 9.39. The van der Waals surface area contributed by atoms with Crippen molar-refractivity contribution in [2.75, 3.05) is 0 Å². The molecule has 0 fully saturated rings. The molecule has 1 aliphatic carbocycles. The van der Waals surface area contributed by atoms with Crippen molar-refractivity contribution in [1.82, 2.24) is 0 Å². The molecule has 1 atom stereocenters. The molecule has 1 unspecified atom stereocenters. The van der Waals surface area contributed by atoms with Crippen molar-refractivity contribution in [2.24, 2.45) is 13.0 Å². The maximum atomic E-state index is 3.99. The van der Waals surface area contributed by atoms with Gasteiger partial charge in [-0.15, -0.1) is 0 Å². The van der Waals surface area contributed by atoms with E-state index in [4.69, 9.17) is 0 Å². The van der Waals surface area contributed by atoms with Gasteiger partial charge in [0.2, 0.25) is 11.4 Å². The van der Waals surface area contributed by atoms with Crippen molar-refractivity contribution in [1.29, 1.82) is 0 Å². The van der Waals surface area contributed by atoms with Crippen LogP contribution in [-0.4, -0.2) is 0 Å². The largest absolute Gasteiger partial charge is 0.213 e. The van der Waals surface area contributed by atoms with Gasteiger partial charge in [-0.25, -0.2) is 0 Å². The second kappa shape index (κ2) is 9.68. The number of aromatic nitrogens is 1. The predicted molar refractivity (Wildman–Crippen MR) is 120 cm³/mol. The lowest BCUT2D eigenvalue weighted by Gasteiger charge is -2.14. The Morgan fingerprint density at radius 3 is 2.37 bits per heavy atom. The van der Waals surface area contributed by atoms with E-state index in [1.54, 1.807) is 6.08 Å². The Bertz CT molecular complexity index is 885. The van der Waals surface area contributed by atoms with E-state index in [0.29, 0.717) is 5.92 Å². The summed E-state index contributed by atoms with van der Waals surface area (Å²) in [5, 5.41) is 0. The van der Waals surface area contributed by atoms with E-state index < -0.39 is 0 Å². The Morgan fingerprint density at radius 1 is 1.11 bits per heavy atom. The maximum Gasteiger partial charge on any atom is 0.213 e. The third-order valence-corrected chi connectivity index (χ3v) is 4.71. The Hall–Kier alpha value is -2.93. The maximum absolute atomic E-state index is 3.99. The highest BCUT2D eigenvalue weighted by molar-refractivity contribution is 5.81. The van der Waals surface area contributed by atoms with Gasteiger partial charge in [-0.2, -0.15) is 4.57 Å². The molecular formula is C26H30N+. The molecule has 0 amide bonds. The second-order valence-electron chi connectivity index (χ2n) is 6.72. The molecule has 1 heteroatoms. The summed E-state index contributed by atoms with van der Waals surface area (Å²) in [5.41, 5.74) is 6.86. The molecule has 0 saturated carbocycles. The summed E-state index contributed by atoms with van der Waals surface area (Å²) >= 11 is 0. The van der Waals surface area contributed by atoms with Crippen LogP contribution in [0.2, 0.25) is 0 Å². The molecule has 0 aliphatic heterocycles. The Kier molecular flexibility index (Phi) is 7.31. The van der Waals surface area contributed by atoms with Crippen molar-refractivity contribution in [3.05, 3.63) is 110 Å². The average Bonchev–Trinajstić information content (AvgIpc) is 2.67. The Labute approximate surface area is 164 Å². The lowest BCUT2D eigenvalue weighted by atomic mass is 9.93. The number of allylic oxidation sites excluding steroid dienone is 13. The quantitative estimate of drug-likeness (QED) is 0.393. The molecule has 1 aromatic heterocycles. The van der Waals surface area contributed by atoms with E-state index in [9.17, 15) is 0 Å². The zero-order valence-electron chi connectivity index (χ0n) is 16.8. The summed E-state index contributed by atoms with van der Waals surface area (Å²) < 4.78 is 2.23. The van der Waals surface area contributed by atoms with E-state index >= 15 is 0 Å². The first-order valence-electron chi connectivity index (χ1n) is 9.39. The lowest BCUT2D eigenvalue weighted by molar-refractivity contribution is -0.675. The highest BCUT2D eigenvalue weighted by Gasteiger charge is 2.21. The third-order valence-electron chi connectivity index (χ3n) is 4.71. The van der Waals surface area contributed by atoms with Crippen LogP contribution in [0, 0.1) is 5.92 Å². The number of hydrogen-bond acceptors (Lipinski definition) is 0. The first kappa shape index (κ1) is 20.4. The fourth-order valence-corrected chi connectivity index (χ4v) is 3.24. The monoisotopic (exact) mass is 356 g/mol.